The van der Waals surface area contributed by atoms with Crippen molar-refractivity contribution in [2.24, 2.45) is 5.92 Å². The predicted octanol–water partition coefficient (Wildman–Crippen LogP) is 3.11. The summed E-state index contributed by atoms with van der Waals surface area (Å²) in [7, 11) is 1.65. The van der Waals surface area contributed by atoms with E-state index in [1.807, 2.05) is 41.4 Å². The first-order chi connectivity index (χ1) is 11.7. The van der Waals surface area contributed by atoms with Gasteiger partial charge in [0.1, 0.15) is 5.75 Å². The van der Waals surface area contributed by atoms with Gasteiger partial charge in [0.15, 0.2) is 0 Å². The van der Waals surface area contributed by atoms with E-state index in [0.717, 1.165) is 37.2 Å². The summed E-state index contributed by atoms with van der Waals surface area (Å²) in [6.07, 6.45) is 7.46. The summed E-state index contributed by atoms with van der Waals surface area (Å²) < 4.78 is 5.16. The van der Waals surface area contributed by atoms with Gasteiger partial charge in [0, 0.05) is 25.5 Å². The Labute approximate surface area is 143 Å². The molecule has 1 atom stereocenters. The van der Waals surface area contributed by atoms with E-state index in [2.05, 4.69) is 11.1 Å². The van der Waals surface area contributed by atoms with E-state index in [4.69, 9.17) is 4.74 Å². The Bertz CT molecular complexity index is 655. The fourth-order valence-corrected chi connectivity index (χ4v) is 3.34. The number of methoxy groups -OCH3 is 1. The van der Waals surface area contributed by atoms with Crippen molar-refractivity contribution in [2.75, 3.05) is 20.2 Å². The van der Waals surface area contributed by atoms with Crippen LogP contribution in [0.3, 0.4) is 0 Å². The summed E-state index contributed by atoms with van der Waals surface area (Å²) in [5.74, 6) is 1.57. The largest absolute Gasteiger partial charge is 0.497 e. The molecule has 1 aliphatic heterocycles. The van der Waals surface area contributed by atoms with E-state index in [1.165, 1.54) is 12.0 Å². The van der Waals surface area contributed by atoms with E-state index in [9.17, 15) is 4.79 Å². The fraction of sp³-hybridized carbons (Fsp3) is 0.400. The molecule has 0 N–H and O–H groups in total. The maximum Gasteiger partial charge on any atom is 0.226 e. The molecule has 1 saturated heterocycles. The lowest BCUT2D eigenvalue weighted by molar-refractivity contribution is -0.132. The molecule has 126 valence electrons. The van der Waals surface area contributed by atoms with Crippen LogP contribution in [0.1, 0.15) is 24.0 Å². The van der Waals surface area contributed by atoms with Gasteiger partial charge in [-0.15, -0.1) is 0 Å². The molecule has 0 unspecified atom stereocenters. The van der Waals surface area contributed by atoms with Gasteiger partial charge >= 0.3 is 0 Å². The smallest absolute Gasteiger partial charge is 0.226 e. The van der Waals surface area contributed by atoms with Crippen LogP contribution in [-0.2, 0) is 17.6 Å². The SMILES string of the molecule is COc1ccc(CC(=O)N2CCC[C@H](Cc3cccnc3)C2)cc1. The van der Waals surface area contributed by atoms with Crippen LogP contribution < -0.4 is 4.74 Å². The fourth-order valence-electron chi connectivity index (χ4n) is 3.34. The van der Waals surface area contributed by atoms with E-state index >= 15 is 0 Å². The zero-order valence-electron chi connectivity index (χ0n) is 14.1. The van der Waals surface area contributed by atoms with Gasteiger partial charge in [0.05, 0.1) is 13.5 Å². The van der Waals surface area contributed by atoms with Crippen LogP contribution >= 0.6 is 0 Å². The highest BCUT2D eigenvalue weighted by atomic mass is 16.5. The summed E-state index contributed by atoms with van der Waals surface area (Å²) in [5.41, 5.74) is 2.29. The molecule has 0 radical (unpaired) electrons. The van der Waals surface area contributed by atoms with Gasteiger partial charge in [0.25, 0.3) is 0 Å². The zero-order chi connectivity index (χ0) is 16.8. The first-order valence-electron chi connectivity index (χ1n) is 8.54. The molecule has 0 spiro atoms. The van der Waals surface area contributed by atoms with Gasteiger partial charge in [-0.1, -0.05) is 18.2 Å². The van der Waals surface area contributed by atoms with Crippen molar-refractivity contribution >= 4 is 5.91 Å². The normalized spacial score (nSPS) is 17.5. The Morgan fingerprint density at radius 3 is 2.79 bits per heavy atom. The third-order valence-corrected chi connectivity index (χ3v) is 4.63. The Hall–Kier alpha value is -2.36. The van der Waals surface area contributed by atoms with Gasteiger partial charge < -0.3 is 9.64 Å². The summed E-state index contributed by atoms with van der Waals surface area (Å²) in [6.45, 7) is 1.72. The quantitative estimate of drug-likeness (QED) is 0.849. The van der Waals surface area contributed by atoms with Gasteiger partial charge in [-0.2, -0.15) is 0 Å². The molecule has 0 bridgehead atoms. The van der Waals surface area contributed by atoms with Crippen LogP contribution in [0.4, 0.5) is 0 Å². The first kappa shape index (κ1) is 16.5. The number of benzene rings is 1. The van der Waals surface area contributed by atoms with Crippen LogP contribution in [0, 0.1) is 5.92 Å². The number of hydrogen-bond donors (Lipinski definition) is 0. The van der Waals surface area contributed by atoms with Crippen LogP contribution in [0.2, 0.25) is 0 Å². The molecule has 0 saturated carbocycles. The van der Waals surface area contributed by atoms with E-state index in [0.29, 0.717) is 12.3 Å². The number of carbonyl (C=O) groups excluding carboxylic acids is 1. The lowest BCUT2D eigenvalue weighted by Crippen LogP contribution is -2.41. The minimum Gasteiger partial charge on any atom is -0.497 e. The van der Waals surface area contributed by atoms with Crippen LogP contribution in [0.15, 0.2) is 48.8 Å². The highest BCUT2D eigenvalue weighted by molar-refractivity contribution is 5.78. The van der Waals surface area contributed by atoms with E-state index in [-0.39, 0.29) is 5.91 Å². The number of ether oxygens (including phenoxy) is 1. The highest BCUT2D eigenvalue weighted by Crippen LogP contribution is 2.21. The number of hydrogen-bond acceptors (Lipinski definition) is 3. The Kier molecular flexibility index (Phi) is 5.47. The average molecular weight is 324 g/mol. The van der Waals surface area contributed by atoms with Crippen LogP contribution in [-0.4, -0.2) is 36.0 Å². The lowest BCUT2D eigenvalue weighted by atomic mass is 9.91. The average Bonchev–Trinajstić information content (AvgIpc) is 2.63. The molecule has 3 rings (SSSR count). The van der Waals surface area contributed by atoms with Crippen molar-refractivity contribution < 1.29 is 9.53 Å². The topological polar surface area (TPSA) is 42.4 Å². The standard InChI is InChI=1S/C20H24N2O2/c1-24-19-8-6-16(7-9-19)13-20(23)22-11-3-5-18(15-22)12-17-4-2-10-21-14-17/h2,4,6-10,14,18H,3,5,11-13,15H2,1H3/t18-/m1/s1. The van der Waals surface area contributed by atoms with E-state index < -0.39 is 0 Å². The zero-order valence-corrected chi connectivity index (χ0v) is 14.1. The maximum atomic E-state index is 12.6. The number of aromatic nitrogens is 1. The van der Waals surface area contributed by atoms with Gasteiger partial charge in [-0.25, -0.2) is 0 Å². The molecule has 4 nitrogen and oxygen atoms in total. The molecule has 2 heterocycles. The summed E-state index contributed by atoms with van der Waals surface area (Å²) in [4.78, 5) is 18.8. The number of nitrogens with zero attached hydrogens (tertiary/aromatic N) is 2. The second-order valence-corrected chi connectivity index (χ2v) is 6.44. The maximum absolute atomic E-state index is 12.6. The molecular weight excluding hydrogens is 300 g/mol. The Morgan fingerprint density at radius 2 is 2.08 bits per heavy atom. The second-order valence-electron chi connectivity index (χ2n) is 6.44. The molecule has 2 aromatic rings. The molecular formula is C20H24N2O2. The summed E-state index contributed by atoms with van der Waals surface area (Å²) in [6, 6.07) is 11.8. The highest BCUT2D eigenvalue weighted by Gasteiger charge is 2.23. The van der Waals surface area contributed by atoms with Crippen LogP contribution in [0.25, 0.3) is 0 Å². The Balaban J connectivity index is 1.56. The number of piperidine rings is 1. The minimum atomic E-state index is 0.219. The van der Waals surface area contributed by atoms with Crippen molar-refractivity contribution in [2.45, 2.75) is 25.7 Å². The number of likely N-dealkylation sites (tertiary alicyclic amines) is 1. The minimum absolute atomic E-state index is 0.219. The second kappa shape index (κ2) is 7.95. The number of rotatable bonds is 5. The number of amides is 1. The van der Waals surface area contributed by atoms with Crippen molar-refractivity contribution in [3.05, 3.63) is 59.9 Å². The van der Waals surface area contributed by atoms with Gasteiger partial charge in [-0.05, 0) is 54.5 Å². The molecule has 1 aliphatic rings. The monoisotopic (exact) mass is 324 g/mol. The molecule has 24 heavy (non-hydrogen) atoms. The molecule has 1 fully saturated rings. The lowest BCUT2D eigenvalue weighted by Gasteiger charge is -2.33. The molecule has 1 aromatic heterocycles. The molecule has 1 amide bonds. The summed E-state index contributed by atoms with van der Waals surface area (Å²) in [5, 5.41) is 0. The van der Waals surface area contributed by atoms with Gasteiger partial charge in [0.2, 0.25) is 5.91 Å². The number of carbonyl (C=O) groups is 1. The number of pyridine rings is 1. The van der Waals surface area contributed by atoms with Crippen molar-refractivity contribution in [1.29, 1.82) is 0 Å². The van der Waals surface area contributed by atoms with Crippen molar-refractivity contribution in [3.8, 4) is 5.75 Å². The summed E-state index contributed by atoms with van der Waals surface area (Å²) >= 11 is 0. The van der Waals surface area contributed by atoms with E-state index in [1.54, 1.807) is 13.3 Å². The molecule has 1 aromatic carbocycles. The predicted molar refractivity (Wildman–Crippen MR) is 93.9 cm³/mol. The van der Waals surface area contributed by atoms with Crippen molar-refractivity contribution in [1.82, 2.24) is 9.88 Å². The first-order valence-corrected chi connectivity index (χ1v) is 8.54. The third-order valence-electron chi connectivity index (χ3n) is 4.63. The van der Waals surface area contributed by atoms with Crippen molar-refractivity contribution in [3.63, 3.8) is 0 Å². The van der Waals surface area contributed by atoms with Crippen LogP contribution in [0.5, 0.6) is 5.75 Å². The Morgan fingerprint density at radius 1 is 1.25 bits per heavy atom. The third kappa shape index (κ3) is 4.34. The molecule has 0 aliphatic carbocycles. The molecule has 4 heteroatoms. The van der Waals surface area contributed by atoms with Gasteiger partial charge in [-0.3, -0.25) is 9.78 Å².